The first-order valence-electron chi connectivity index (χ1n) is 5.21. The summed E-state index contributed by atoms with van der Waals surface area (Å²) in [7, 11) is 0. The van der Waals surface area contributed by atoms with E-state index in [0.717, 1.165) is 5.57 Å². The summed E-state index contributed by atoms with van der Waals surface area (Å²) < 4.78 is 10.6. The number of carbonyl (C=O) groups is 1. The van der Waals surface area contributed by atoms with Crippen molar-refractivity contribution in [2.45, 2.75) is 58.8 Å². The highest BCUT2D eigenvalue weighted by atomic mass is 16.7. The lowest BCUT2D eigenvalue weighted by Crippen LogP contribution is -2.29. The topological polar surface area (TPSA) is 38.8 Å². The van der Waals surface area contributed by atoms with Gasteiger partial charge in [0, 0.05) is 0 Å². The van der Waals surface area contributed by atoms with E-state index >= 15 is 0 Å². The van der Waals surface area contributed by atoms with Crippen LogP contribution in [0.4, 0.5) is 0 Å². The fourth-order valence-electron chi connectivity index (χ4n) is 1.54. The Kier molecular flexibility index (Phi) is 2.97. The van der Waals surface area contributed by atoms with Crippen molar-refractivity contribution < 1.29 is 14.3 Å². The molecule has 0 unspecified atom stereocenters. The van der Waals surface area contributed by atoms with Gasteiger partial charge in [-0.1, -0.05) is 11.6 Å². The number of allylic oxidation sites excluding steroid dienone is 1. The summed E-state index contributed by atoms with van der Waals surface area (Å²) in [4.78, 5) is 11.6. The molecule has 15 heavy (non-hydrogen) atoms. The second-order valence-electron chi connectivity index (χ2n) is 5.44. The van der Waals surface area contributed by atoms with Gasteiger partial charge in [-0.25, -0.2) is 4.79 Å². The van der Waals surface area contributed by atoms with Crippen molar-refractivity contribution in [1.29, 1.82) is 0 Å². The van der Waals surface area contributed by atoms with Gasteiger partial charge in [0.1, 0.15) is 11.2 Å². The molecule has 1 fully saturated rings. The molecule has 3 heteroatoms. The highest BCUT2D eigenvalue weighted by Crippen LogP contribution is 2.39. The van der Waals surface area contributed by atoms with Crippen LogP contribution in [-0.2, 0) is 14.3 Å². The Morgan fingerprint density at radius 3 is 2.33 bits per heavy atom. The number of carbonyl (C=O) groups excluding carboxylic acids is 1. The third-order valence-electron chi connectivity index (χ3n) is 2.03. The number of hydrogen-bond donors (Lipinski definition) is 0. The molecule has 0 radical (unpaired) electrons. The second-order valence-corrected chi connectivity index (χ2v) is 5.44. The Balaban J connectivity index is 2.57. The molecule has 0 aliphatic carbocycles. The van der Waals surface area contributed by atoms with Gasteiger partial charge < -0.3 is 9.47 Å². The van der Waals surface area contributed by atoms with Crippen molar-refractivity contribution >= 4 is 5.97 Å². The monoisotopic (exact) mass is 212 g/mol. The fraction of sp³-hybridized carbons (Fsp3) is 0.750. The molecular formula is C12H20O3. The third kappa shape index (κ3) is 3.34. The molecule has 1 heterocycles. The van der Waals surface area contributed by atoms with Gasteiger partial charge in [-0.3, -0.25) is 0 Å². The number of rotatable bonds is 2. The van der Waals surface area contributed by atoms with Gasteiger partial charge in [0.05, 0.1) is 0 Å². The van der Waals surface area contributed by atoms with Gasteiger partial charge in [0.25, 0.3) is 0 Å². The van der Waals surface area contributed by atoms with Gasteiger partial charge in [-0.2, -0.15) is 0 Å². The molecule has 0 aromatic rings. The van der Waals surface area contributed by atoms with E-state index in [1.807, 2.05) is 47.6 Å². The predicted octanol–water partition coefficient (Wildman–Crippen LogP) is 2.45. The quantitative estimate of drug-likeness (QED) is 0.401. The largest absolute Gasteiger partial charge is 0.458 e. The van der Waals surface area contributed by atoms with Gasteiger partial charge >= 0.3 is 5.97 Å². The first kappa shape index (κ1) is 12.2. The zero-order valence-corrected chi connectivity index (χ0v) is 10.4. The maximum Gasteiger partial charge on any atom is 0.339 e. The Hall–Kier alpha value is -0.830. The minimum Gasteiger partial charge on any atom is -0.458 e. The second kappa shape index (κ2) is 3.63. The molecule has 86 valence electrons. The Labute approximate surface area is 91.4 Å². The lowest BCUT2D eigenvalue weighted by atomic mass is 10.0. The van der Waals surface area contributed by atoms with Crippen LogP contribution < -0.4 is 0 Å². The fourth-order valence-corrected chi connectivity index (χ4v) is 1.54. The van der Waals surface area contributed by atoms with Crippen molar-refractivity contribution in [2.24, 2.45) is 0 Å². The van der Waals surface area contributed by atoms with Crippen molar-refractivity contribution in [3.8, 4) is 0 Å². The van der Waals surface area contributed by atoms with E-state index in [1.165, 1.54) is 0 Å². The molecule has 0 saturated carbocycles. The zero-order valence-electron chi connectivity index (χ0n) is 10.4. The van der Waals surface area contributed by atoms with Crippen molar-refractivity contribution in [2.75, 3.05) is 0 Å². The van der Waals surface area contributed by atoms with Crippen molar-refractivity contribution in [3.63, 3.8) is 0 Å². The van der Waals surface area contributed by atoms with Crippen LogP contribution in [0.3, 0.4) is 0 Å². The van der Waals surface area contributed by atoms with Crippen LogP contribution in [0.2, 0.25) is 0 Å². The summed E-state index contributed by atoms with van der Waals surface area (Å²) in [6.07, 6.45) is 1.52. The molecule has 0 bridgehead atoms. The Bertz CT molecular complexity index is 294. The van der Waals surface area contributed by atoms with Crippen LogP contribution in [-0.4, -0.2) is 23.3 Å². The molecule has 0 amide bonds. The molecule has 1 rings (SSSR count). The van der Waals surface area contributed by atoms with E-state index in [9.17, 15) is 4.79 Å². The van der Waals surface area contributed by atoms with E-state index in [0.29, 0.717) is 0 Å². The number of epoxide rings is 1. The van der Waals surface area contributed by atoms with Crippen LogP contribution in [0.25, 0.3) is 0 Å². The normalized spacial score (nSPS) is 29.6. The predicted molar refractivity (Wildman–Crippen MR) is 58.6 cm³/mol. The summed E-state index contributed by atoms with van der Waals surface area (Å²) >= 11 is 0. The minimum atomic E-state index is -0.457. The average molecular weight is 212 g/mol. The van der Waals surface area contributed by atoms with Crippen LogP contribution in [0.5, 0.6) is 0 Å². The summed E-state index contributed by atoms with van der Waals surface area (Å²) in [5.74, 6) is -0.275. The molecular weight excluding hydrogens is 192 g/mol. The third-order valence-corrected chi connectivity index (χ3v) is 2.03. The van der Waals surface area contributed by atoms with E-state index in [-0.39, 0.29) is 5.97 Å². The van der Waals surface area contributed by atoms with Crippen molar-refractivity contribution in [3.05, 3.63) is 11.6 Å². The van der Waals surface area contributed by atoms with Gasteiger partial charge in [-0.05, 0) is 41.5 Å². The molecule has 1 aliphatic rings. The van der Waals surface area contributed by atoms with E-state index in [2.05, 4.69) is 0 Å². The van der Waals surface area contributed by atoms with Crippen LogP contribution >= 0.6 is 0 Å². The van der Waals surface area contributed by atoms with Gasteiger partial charge in [0.2, 0.25) is 0 Å². The standard InChI is InChI=1S/C12H20O3/c1-8(2)7-12(6)9(14-12)10(13)15-11(3,4)5/h7,9H,1-6H3/t9-,12+/m0/s1. The highest BCUT2D eigenvalue weighted by Gasteiger charge is 2.57. The van der Waals surface area contributed by atoms with E-state index in [4.69, 9.17) is 9.47 Å². The highest BCUT2D eigenvalue weighted by molar-refractivity contribution is 5.80. The van der Waals surface area contributed by atoms with E-state index < -0.39 is 17.3 Å². The maximum absolute atomic E-state index is 11.6. The van der Waals surface area contributed by atoms with Crippen molar-refractivity contribution in [1.82, 2.24) is 0 Å². The lowest BCUT2D eigenvalue weighted by molar-refractivity contribution is -0.156. The number of hydrogen-bond acceptors (Lipinski definition) is 3. The molecule has 2 atom stereocenters. The first-order valence-corrected chi connectivity index (χ1v) is 5.21. The molecule has 3 nitrogen and oxygen atoms in total. The molecule has 0 aromatic heterocycles. The SMILES string of the molecule is CC(C)=C[C@@]1(C)O[C@H]1C(=O)OC(C)(C)C. The summed E-state index contributed by atoms with van der Waals surface area (Å²) in [6, 6.07) is 0. The summed E-state index contributed by atoms with van der Waals surface area (Å²) in [6.45, 7) is 11.4. The summed E-state index contributed by atoms with van der Waals surface area (Å²) in [5, 5.41) is 0. The lowest BCUT2D eigenvalue weighted by Gasteiger charge is -2.18. The zero-order chi connectivity index (χ0) is 11.9. The molecule has 0 aromatic carbocycles. The van der Waals surface area contributed by atoms with Crippen LogP contribution in [0, 0.1) is 0 Å². The van der Waals surface area contributed by atoms with Gasteiger partial charge in [-0.15, -0.1) is 0 Å². The number of esters is 1. The van der Waals surface area contributed by atoms with Crippen LogP contribution in [0.15, 0.2) is 11.6 Å². The molecule has 0 N–H and O–H groups in total. The number of ether oxygens (including phenoxy) is 2. The van der Waals surface area contributed by atoms with E-state index in [1.54, 1.807) is 0 Å². The molecule has 0 spiro atoms. The van der Waals surface area contributed by atoms with Gasteiger partial charge in [0.15, 0.2) is 6.10 Å². The van der Waals surface area contributed by atoms with Crippen LogP contribution in [0.1, 0.15) is 41.5 Å². The Morgan fingerprint density at radius 2 is 1.93 bits per heavy atom. The first-order chi connectivity index (χ1) is 6.64. The maximum atomic E-state index is 11.6. The minimum absolute atomic E-state index is 0.275. The Morgan fingerprint density at radius 1 is 1.40 bits per heavy atom. The average Bonchev–Trinajstić information content (AvgIpc) is 2.55. The summed E-state index contributed by atoms with van der Waals surface area (Å²) in [5.41, 5.74) is 0.236. The molecule has 1 aliphatic heterocycles. The molecule has 1 saturated heterocycles. The smallest absolute Gasteiger partial charge is 0.339 e.